The summed E-state index contributed by atoms with van der Waals surface area (Å²) in [6, 6.07) is 10.1. The van der Waals surface area contributed by atoms with Crippen LogP contribution in [-0.4, -0.2) is 11.5 Å². The van der Waals surface area contributed by atoms with Gasteiger partial charge in [0.15, 0.2) is 0 Å². The number of nitrogens with one attached hydrogen (secondary N) is 1. The van der Waals surface area contributed by atoms with E-state index in [4.69, 9.17) is 11.6 Å². The molecule has 2 aromatic rings. The number of benzene rings is 1. The molecular weight excluding hydrogens is 268 g/mol. The van der Waals surface area contributed by atoms with Gasteiger partial charge < -0.3 is 5.32 Å². The third-order valence-electron chi connectivity index (χ3n) is 3.67. The van der Waals surface area contributed by atoms with Crippen LogP contribution in [0.25, 0.3) is 5.57 Å². The quantitative estimate of drug-likeness (QED) is 0.903. The van der Waals surface area contributed by atoms with E-state index in [1.54, 1.807) is 0 Å². The topological polar surface area (TPSA) is 24.9 Å². The van der Waals surface area contributed by atoms with Crippen molar-refractivity contribution >= 4 is 22.9 Å². The third-order valence-corrected chi connectivity index (χ3v) is 3.92. The van der Waals surface area contributed by atoms with E-state index in [0.717, 1.165) is 24.4 Å². The van der Waals surface area contributed by atoms with Crippen LogP contribution in [-0.2, 0) is 12.8 Å². The van der Waals surface area contributed by atoms with E-state index in [-0.39, 0.29) is 0 Å². The standard InChI is InChI=1S/C17H17ClN2/c1-12-2-7-15-17(12)16(9-11-20-15)19-10-8-13-3-5-14(18)6-4-13/h2-6,9,11H,7-8,10H2,1H3,(H,19,20). The van der Waals surface area contributed by atoms with Crippen molar-refractivity contribution in [1.29, 1.82) is 0 Å². The van der Waals surface area contributed by atoms with E-state index in [2.05, 4.69) is 41.5 Å². The van der Waals surface area contributed by atoms with Gasteiger partial charge in [0.2, 0.25) is 0 Å². The highest BCUT2D eigenvalue weighted by Gasteiger charge is 2.15. The molecule has 20 heavy (non-hydrogen) atoms. The number of halogens is 1. The first-order valence-electron chi connectivity index (χ1n) is 6.87. The van der Waals surface area contributed by atoms with E-state index >= 15 is 0 Å². The van der Waals surface area contributed by atoms with Crippen LogP contribution in [0.15, 0.2) is 42.6 Å². The molecule has 1 N–H and O–H groups in total. The van der Waals surface area contributed by atoms with Crippen molar-refractivity contribution in [2.45, 2.75) is 19.8 Å². The second kappa shape index (κ2) is 5.68. The molecule has 0 saturated carbocycles. The molecule has 0 atom stereocenters. The van der Waals surface area contributed by atoms with E-state index in [1.165, 1.54) is 28.1 Å². The van der Waals surface area contributed by atoms with E-state index in [1.807, 2.05) is 18.3 Å². The molecule has 2 nitrogen and oxygen atoms in total. The van der Waals surface area contributed by atoms with Crippen molar-refractivity contribution in [2.75, 3.05) is 11.9 Å². The molecule has 1 aliphatic carbocycles. The van der Waals surface area contributed by atoms with Crippen LogP contribution < -0.4 is 5.32 Å². The number of hydrogen-bond donors (Lipinski definition) is 1. The summed E-state index contributed by atoms with van der Waals surface area (Å²) >= 11 is 5.89. The van der Waals surface area contributed by atoms with Gasteiger partial charge in [-0.05, 0) is 42.7 Å². The van der Waals surface area contributed by atoms with Crippen LogP contribution in [0.1, 0.15) is 23.7 Å². The SMILES string of the molecule is CC1=CCc2nccc(NCCc3ccc(Cl)cc3)c21. The Labute approximate surface area is 124 Å². The van der Waals surface area contributed by atoms with E-state index < -0.39 is 0 Å². The fraction of sp³-hybridized carbons (Fsp3) is 0.235. The van der Waals surface area contributed by atoms with Crippen LogP contribution in [0.2, 0.25) is 5.02 Å². The fourth-order valence-electron chi connectivity index (χ4n) is 2.59. The minimum absolute atomic E-state index is 0.787. The molecule has 3 heteroatoms. The normalized spacial score (nSPS) is 13.0. The summed E-state index contributed by atoms with van der Waals surface area (Å²) in [6.45, 7) is 3.06. The van der Waals surface area contributed by atoms with Gasteiger partial charge in [0, 0.05) is 35.4 Å². The molecule has 3 rings (SSSR count). The van der Waals surface area contributed by atoms with Crippen molar-refractivity contribution in [3.05, 3.63) is 64.4 Å². The second-order valence-electron chi connectivity index (χ2n) is 5.07. The summed E-state index contributed by atoms with van der Waals surface area (Å²) in [7, 11) is 0. The van der Waals surface area contributed by atoms with Gasteiger partial charge in [-0.15, -0.1) is 0 Å². The van der Waals surface area contributed by atoms with Gasteiger partial charge in [-0.3, -0.25) is 4.98 Å². The lowest BCUT2D eigenvalue weighted by atomic mass is 10.1. The lowest BCUT2D eigenvalue weighted by Crippen LogP contribution is -2.07. The average molecular weight is 285 g/mol. The van der Waals surface area contributed by atoms with Crippen LogP contribution in [0.3, 0.4) is 0 Å². The summed E-state index contributed by atoms with van der Waals surface area (Å²) in [5.41, 5.74) is 6.26. The zero-order valence-corrected chi connectivity index (χ0v) is 12.2. The molecule has 0 radical (unpaired) electrons. The number of rotatable bonds is 4. The second-order valence-corrected chi connectivity index (χ2v) is 5.51. The van der Waals surface area contributed by atoms with Crippen LogP contribution in [0, 0.1) is 0 Å². The van der Waals surface area contributed by atoms with E-state index in [0.29, 0.717) is 0 Å². The van der Waals surface area contributed by atoms with Gasteiger partial charge in [-0.2, -0.15) is 0 Å². The molecule has 0 bridgehead atoms. The van der Waals surface area contributed by atoms with Gasteiger partial charge in [-0.25, -0.2) is 0 Å². The zero-order valence-electron chi connectivity index (χ0n) is 11.5. The van der Waals surface area contributed by atoms with Gasteiger partial charge >= 0.3 is 0 Å². The van der Waals surface area contributed by atoms with Crippen LogP contribution in [0.4, 0.5) is 5.69 Å². The van der Waals surface area contributed by atoms with Crippen molar-refractivity contribution in [3.8, 4) is 0 Å². The maximum Gasteiger partial charge on any atom is 0.0536 e. The van der Waals surface area contributed by atoms with Gasteiger partial charge in [0.1, 0.15) is 0 Å². The first kappa shape index (κ1) is 13.2. The number of aromatic nitrogens is 1. The van der Waals surface area contributed by atoms with Crippen molar-refractivity contribution in [2.24, 2.45) is 0 Å². The smallest absolute Gasteiger partial charge is 0.0536 e. The summed E-state index contributed by atoms with van der Waals surface area (Å²) < 4.78 is 0. The first-order valence-corrected chi connectivity index (χ1v) is 7.25. The molecule has 1 heterocycles. The number of allylic oxidation sites excluding steroid dienone is 2. The van der Waals surface area contributed by atoms with Crippen molar-refractivity contribution in [1.82, 2.24) is 4.98 Å². The Hall–Kier alpha value is -1.80. The predicted octanol–water partition coefficient (Wildman–Crippen LogP) is 4.35. The molecule has 102 valence electrons. The van der Waals surface area contributed by atoms with Crippen molar-refractivity contribution < 1.29 is 0 Å². The number of nitrogens with zero attached hydrogens (tertiary/aromatic N) is 1. The number of pyridine rings is 1. The molecule has 0 unspecified atom stereocenters. The highest BCUT2D eigenvalue weighted by atomic mass is 35.5. The maximum atomic E-state index is 5.89. The fourth-order valence-corrected chi connectivity index (χ4v) is 2.72. The Bertz CT molecular complexity index is 645. The van der Waals surface area contributed by atoms with E-state index in [9.17, 15) is 0 Å². The molecule has 0 amide bonds. The molecule has 0 saturated heterocycles. The predicted molar refractivity (Wildman–Crippen MR) is 85.2 cm³/mol. The average Bonchev–Trinajstić information content (AvgIpc) is 2.84. The molecular formula is C17H17ClN2. The summed E-state index contributed by atoms with van der Waals surface area (Å²) in [6.07, 6.45) is 6.06. The Morgan fingerprint density at radius 2 is 2.00 bits per heavy atom. The summed E-state index contributed by atoms with van der Waals surface area (Å²) in [5, 5.41) is 4.31. The molecule has 0 aliphatic heterocycles. The van der Waals surface area contributed by atoms with Gasteiger partial charge in [0.05, 0.1) is 5.69 Å². The lowest BCUT2D eigenvalue weighted by Gasteiger charge is -2.12. The molecule has 0 fully saturated rings. The number of anilines is 1. The Morgan fingerprint density at radius 1 is 1.20 bits per heavy atom. The monoisotopic (exact) mass is 284 g/mol. The Kier molecular flexibility index (Phi) is 3.75. The van der Waals surface area contributed by atoms with Crippen LogP contribution in [0.5, 0.6) is 0 Å². The zero-order chi connectivity index (χ0) is 13.9. The highest BCUT2D eigenvalue weighted by molar-refractivity contribution is 6.30. The molecule has 0 spiro atoms. The first-order chi connectivity index (χ1) is 9.74. The molecule has 1 aromatic carbocycles. The maximum absolute atomic E-state index is 5.89. The lowest BCUT2D eigenvalue weighted by molar-refractivity contribution is 1.01. The van der Waals surface area contributed by atoms with Gasteiger partial charge in [-0.1, -0.05) is 29.8 Å². The Balaban J connectivity index is 1.66. The molecule has 1 aromatic heterocycles. The highest BCUT2D eigenvalue weighted by Crippen LogP contribution is 2.31. The van der Waals surface area contributed by atoms with Crippen LogP contribution >= 0.6 is 11.6 Å². The van der Waals surface area contributed by atoms with Crippen molar-refractivity contribution in [3.63, 3.8) is 0 Å². The molecule has 1 aliphatic rings. The minimum atomic E-state index is 0.787. The Morgan fingerprint density at radius 3 is 2.80 bits per heavy atom. The summed E-state index contributed by atoms with van der Waals surface area (Å²) in [5.74, 6) is 0. The number of hydrogen-bond acceptors (Lipinski definition) is 2. The van der Waals surface area contributed by atoms with Gasteiger partial charge in [0.25, 0.3) is 0 Å². The summed E-state index contributed by atoms with van der Waals surface area (Å²) in [4.78, 5) is 4.44. The number of fused-ring (bicyclic) bond motifs is 1. The minimum Gasteiger partial charge on any atom is -0.384 e. The largest absolute Gasteiger partial charge is 0.384 e. The third kappa shape index (κ3) is 2.70.